The van der Waals surface area contributed by atoms with Crippen LogP contribution >= 0.6 is 0 Å². The minimum absolute atomic E-state index is 0.0479. The van der Waals surface area contributed by atoms with E-state index in [2.05, 4.69) is 5.10 Å². The molecule has 0 bridgehead atoms. The van der Waals surface area contributed by atoms with Gasteiger partial charge in [-0.15, -0.1) is 0 Å². The van der Waals surface area contributed by atoms with Crippen molar-refractivity contribution in [1.29, 1.82) is 0 Å². The van der Waals surface area contributed by atoms with E-state index < -0.39 is 11.0 Å². The van der Waals surface area contributed by atoms with Crippen LogP contribution < -0.4 is 0 Å². The fourth-order valence-electron chi connectivity index (χ4n) is 1.77. The number of benzene rings is 1. The molecule has 0 radical (unpaired) electrons. The highest BCUT2D eigenvalue weighted by atomic mass is 16.6. The predicted molar refractivity (Wildman–Crippen MR) is 79.4 cm³/mol. The standard InChI is InChI=1S/C14H16N4O4/c1-16(2)14(19)22-8-7-17-10-12(9-15-17)11-3-5-13(6-4-11)18(20)21/h3-6,9-10H,7-8H2,1-2H3. The summed E-state index contributed by atoms with van der Waals surface area (Å²) in [6.07, 6.45) is 3.06. The Bertz CT molecular complexity index is 664. The minimum atomic E-state index is -0.438. The third-order valence-corrected chi connectivity index (χ3v) is 2.96. The van der Waals surface area contributed by atoms with Gasteiger partial charge in [-0.2, -0.15) is 5.10 Å². The van der Waals surface area contributed by atoms with Crippen LogP contribution in [0.4, 0.5) is 10.5 Å². The van der Waals surface area contributed by atoms with Crippen molar-refractivity contribution in [1.82, 2.24) is 14.7 Å². The third kappa shape index (κ3) is 3.81. The maximum atomic E-state index is 11.3. The minimum Gasteiger partial charge on any atom is -0.447 e. The lowest BCUT2D eigenvalue weighted by Gasteiger charge is -2.10. The Morgan fingerprint density at radius 1 is 1.32 bits per heavy atom. The predicted octanol–water partition coefficient (Wildman–Crippen LogP) is 2.16. The molecule has 0 fully saturated rings. The molecule has 1 amide bonds. The fourth-order valence-corrected chi connectivity index (χ4v) is 1.77. The van der Waals surface area contributed by atoms with Crippen LogP contribution in [-0.4, -0.2) is 46.4 Å². The van der Waals surface area contributed by atoms with Gasteiger partial charge >= 0.3 is 6.09 Å². The summed E-state index contributed by atoms with van der Waals surface area (Å²) in [5.41, 5.74) is 1.72. The van der Waals surface area contributed by atoms with E-state index in [1.165, 1.54) is 17.0 Å². The quantitative estimate of drug-likeness (QED) is 0.623. The van der Waals surface area contributed by atoms with Crippen molar-refractivity contribution < 1.29 is 14.5 Å². The van der Waals surface area contributed by atoms with Crippen molar-refractivity contribution in [2.24, 2.45) is 0 Å². The van der Waals surface area contributed by atoms with Gasteiger partial charge in [-0.25, -0.2) is 4.79 Å². The first-order valence-corrected chi connectivity index (χ1v) is 6.59. The second kappa shape index (κ2) is 6.70. The number of nitro benzene ring substituents is 1. The van der Waals surface area contributed by atoms with Crippen molar-refractivity contribution >= 4 is 11.8 Å². The van der Waals surface area contributed by atoms with Gasteiger partial charge in [0, 0.05) is 38.0 Å². The number of hydrogen-bond acceptors (Lipinski definition) is 5. The molecule has 0 unspecified atom stereocenters. The zero-order chi connectivity index (χ0) is 16.1. The second-order valence-electron chi connectivity index (χ2n) is 4.80. The Balaban J connectivity index is 1.96. The largest absolute Gasteiger partial charge is 0.447 e. The van der Waals surface area contributed by atoms with Gasteiger partial charge in [-0.3, -0.25) is 14.8 Å². The molecule has 0 N–H and O–H groups in total. The molecule has 0 saturated heterocycles. The molecule has 0 aliphatic carbocycles. The van der Waals surface area contributed by atoms with Crippen molar-refractivity contribution in [3.63, 3.8) is 0 Å². The average Bonchev–Trinajstić information content (AvgIpc) is 2.96. The molecule has 0 saturated carbocycles. The van der Waals surface area contributed by atoms with Crippen LogP contribution in [0.3, 0.4) is 0 Å². The molecule has 0 aliphatic heterocycles. The van der Waals surface area contributed by atoms with E-state index >= 15 is 0 Å². The number of amides is 1. The Morgan fingerprint density at radius 2 is 2.00 bits per heavy atom. The smallest absolute Gasteiger partial charge is 0.409 e. The van der Waals surface area contributed by atoms with Crippen LogP contribution in [0.25, 0.3) is 11.1 Å². The van der Waals surface area contributed by atoms with Crippen LogP contribution in [0.15, 0.2) is 36.7 Å². The number of nitro groups is 1. The number of aromatic nitrogens is 2. The molecule has 1 aromatic heterocycles. The number of ether oxygens (including phenoxy) is 1. The lowest BCUT2D eigenvalue weighted by atomic mass is 10.1. The Morgan fingerprint density at radius 3 is 2.59 bits per heavy atom. The van der Waals surface area contributed by atoms with Crippen molar-refractivity contribution in [3.05, 3.63) is 46.8 Å². The fraction of sp³-hybridized carbons (Fsp3) is 0.286. The van der Waals surface area contributed by atoms with Crippen LogP contribution in [0.5, 0.6) is 0 Å². The van der Waals surface area contributed by atoms with Crippen LogP contribution in [0.1, 0.15) is 0 Å². The molecule has 0 atom stereocenters. The molecule has 2 aromatic rings. The molecular weight excluding hydrogens is 288 g/mol. The van der Waals surface area contributed by atoms with Crippen LogP contribution in [0, 0.1) is 10.1 Å². The van der Waals surface area contributed by atoms with E-state index in [-0.39, 0.29) is 12.3 Å². The summed E-state index contributed by atoms with van der Waals surface area (Å²) >= 11 is 0. The number of carbonyl (C=O) groups is 1. The summed E-state index contributed by atoms with van der Waals surface area (Å²) in [5.74, 6) is 0. The van der Waals surface area contributed by atoms with E-state index in [0.717, 1.165) is 11.1 Å². The number of rotatable bonds is 5. The van der Waals surface area contributed by atoms with Gasteiger partial charge in [-0.05, 0) is 17.7 Å². The summed E-state index contributed by atoms with van der Waals surface area (Å²) < 4.78 is 6.67. The first kappa shape index (κ1) is 15.5. The molecule has 8 heteroatoms. The van der Waals surface area contributed by atoms with Gasteiger partial charge in [0.05, 0.1) is 17.7 Å². The van der Waals surface area contributed by atoms with Gasteiger partial charge in [-0.1, -0.05) is 0 Å². The van der Waals surface area contributed by atoms with E-state index in [1.54, 1.807) is 43.3 Å². The van der Waals surface area contributed by atoms with Crippen molar-refractivity contribution in [3.8, 4) is 11.1 Å². The summed E-state index contributed by atoms with van der Waals surface area (Å²) in [7, 11) is 3.23. The Hall–Kier alpha value is -2.90. The first-order valence-electron chi connectivity index (χ1n) is 6.59. The van der Waals surface area contributed by atoms with Crippen LogP contribution in [-0.2, 0) is 11.3 Å². The summed E-state index contributed by atoms with van der Waals surface area (Å²) in [5, 5.41) is 14.8. The van der Waals surface area contributed by atoms with Gasteiger partial charge in [0.2, 0.25) is 0 Å². The molecule has 1 aromatic carbocycles. The van der Waals surface area contributed by atoms with E-state index in [1.807, 2.05) is 0 Å². The zero-order valence-electron chi connectivity index (χ0n) is 12.3. The SMILES string of the molecule is CN(C)C(=O)OCCn1cc(-c2ccc([N+](=O)[O-])cc2)cn1. The Labute approximate surface area is 127 Å². The molecule has 2 rings (SSSR count). The Kier molecular flexibility index (Phi) is 4.72. The van der Waals surface area contributed by atoms with Crippen molar-refractivity contribution in [2.75, 3.05) is 20.7 Å². The lowest BCUT2D eigenvalue weighted by Crippen LogP contribution is -2.24. The highest BCUT2D eigenvalue weighted by Crippen LogP contribution is 2.21. The molecule has 116 valence electrons. The number of non-ortho nitro benzene ring substituents is 1. The molecule has 0 aliphatic rings. The third-order valence-electron chi connectivity index (χ3n) is 2.96. The molecular formula is C14H16N4O4. The first-order chi connectivity index (χ1) is 10.5. The summed E-state index contributed by atoms with van der Waals surface area (Å²) in [4.78, 5) is 22.8. The molecule has 0 spiro atoms. The normalized spacial score (nSPS) is 10.3. The topological polar surface area (TPSA) is 90.5 Å². The average molecular weight is 304 g/mol. The maximum Gasteiger partial charge on any atom is 0.409 e. The summed E-state index contributed by atoms with van der Waals surface area (Å²) in [6, 6.07) is 6.24. The highest BCUT2D eigenvalue weighted by molar-refractivity contribution is 5.66. The monoisotopic (exact) mass is 304 g/mol. The van der Waals surface area contributed by atoms with E-state index in [0.29, 0.717) is 6.54 Å². The molecule has 8 nitrogen and oxygen atoms in total. The number of carbonyl (C=O) groups excluding carboxylic acids is 1. The van der Waals surface area contributed by atoms with Gasteiger partial charge in [0.15, 0.2) is 0 Å². The molecule has 1 heterocycles. The van der Waals surface area contributed by atoms with Gasteiger partial charge in [0.1, 0.15) is 6.61 Å². The van der Waals surface area contributed by atoms with Gasteiger partial charge < -0.3 is 9.64 Å². The van der Waals surface area contributed by atoms with Gasteiger partial charge in [0.25, 0.3) is 5.69 Å². The lowest BCUT2D eigenvalue weighted by molar-refractivity contribution is -0.384. The summed E-state index contributed by atoms with van der Waals surface area (Å²) in [6.45, 7) is 0.658. The van der Waals surface area contributed by atoms with Crippen LogP contribution in [0.2, 0.25) is 0 Å². The maximum absolute atomic E-state index is 11.3. The molecule has 22 heavy (non-hydrogen) atoms. The van der Waals surface area contributed by atoms with E-state index in [4.69, 9.17) is 4.74 Å². The second-order valence-corrected chi connectivity index (χ2v) is 4.80. The number of nitrogens with zero attached hydrogens (tertiary/aromatic N) is 4. The van der Waals surface area contributed by atoms with E-state index in [9.17, 15) is 14.9 Å². The highest BCUT2D eigenvalue weighted by Gasteiger charge is 2.08. The number of hydrogen-bond donors (Lipinski definition) is 0. The zero-order valence-corrected chi connectivity index (χ0v) is 12.3. The van der Waals surface area contributed by atoms with Crippen molar-refractivity contribution in [2.45, 2.75) is 6.54 Å².